The zero-order valence-corrected chi connectivity index (χ0v) is 14.4. The molecule has 1 aliphatic heterocycles. The maximum Gasteiger partial charge on any atom is 0.339 e. The van der Waals surface area contributed by atoms with Crippen LogP contribution in [0.3, 0.4) is 0 Å². The van der Waals surface area contributed by atoms with E-state index in [1.807, 2.05) is 6.92 Å². The Kier molecular flexibility index (Phi) is 7.67. The molecule has 0 saturated carbocycles. The van der Waals surface area contributed by atoms with E-state index in [1.54, 1.807) is 6.08 Å². The van der Waals surface area contributed by atoms with Gasteiger partial charge in [-0.1, -0.05) is 26.0 Å². The Morgan fingerprint density at radius 2 is 2.00 bits per heavy atom. The summed E-state index contributed by atoms with van der Waals surface area (Å²) >= 11 is 0. The highest BCUT2D eigenvalue weighted by molar-refractivity contribution is 6.17. The van der Waals surface area contributed by atoms with Gasteiger partial charge in [-0.3, -0.25) is 9.18 Å². The van der Waals surface area contributed by atoms with Crippen molar-refractivity contribution in [1.29, 1.82) is 0 Å². The van der Waals surface area contributed by atoms with Gasteiger partial charge < -0.3 is 10.0 Å². The van der Waals surface area contributed by atoms with Crippen LogP contribution in [0.4, 0.5) is 13.2 Å². The van der Waals surface area contributed by atoms with Crippen molar-refractivity contribution in [1.82, 2.24) is 4.90 Å². The van der Waals surface area contributed by atoms with Crippen molar-refractivity contribution in [3.8, 4) is 0 Å². The molecule has 1 aliphatic rings. The van der Waals surface area contributed by atoms with Gasteiger partial charge >= 0.3 is 5.97 Å². The van der Waals surface area contributed by atoms with E-state index in [9.17, 15) is 27.9 Å². The summed E-state index contributed by atoms with van der Waals surface area (Å²) in [5.41, 5.74) is 0.408. The number of likely N-dealkylation sites (N-methyl/N-ethyl adjacent to an activating group) is 1. The van der Waals surface area contributed by atoms with Crippen molar-refractivity contribution >= 4 is 11.8 Å². The molecule has 4 nitrogen and oxygen atoms in total. The number of carboxylic acid groups (broad SMARTS) is 1. The molecule has 0 fully saturated rings. The second kappa shape index (κ2) is 9.25. The van der Waals surface area contributed by atoms with Crippen molar-refractivity contribution in [2.45, 2.75) is 26.7 Å². The zero-order valence-electron chi connectivity index (χ0n) is 14.4. The molecule has 1 rings (SSSR count). The van der Waals surface area contributed by atoms with Crippen LogP contribution in [0.15, 0.2) is 46.7 Å². The third kappa shape index (κ3) is 5.34. The largest absolute Gasteiger partial charge is 0.478 e. The topological polar surface area (TPSA) is 57.6 Å². The number of halogens is 3. The summed E-state index contributed by atoms with van der Waals surface area (Å²) in [5.74, 6) is -3.30. The Bertz CT molecular complexity index is 648. The molecule has 0 bridgehead atoms. The van der Waals surface area contributed by atoms with Gasteiger partial charge in [-0.05, 0) is 29.7 Å². The minimum absolute atomic E-state index is 0.135. The maximum absolute atomic E-state index is 12.9. The highest BCUT2D eigenvalue weighted by Crippen LogP contribution is 2.25. The van der Waals surface area contributed by atoms with Gasteiger partial charge in [-0.25, -0.2) is 13.6 Å². The fourth-order valence-electron chi connectivity index (χ4n) is 2.37. The Morgan fingerprint density at radius 1 is 1.36 bits per heavy atom. The third-order valence-corrected chi connectivity index (χ3v) is 3.80. The zero-order chi connectivity index (χ0) is 19.1. The van der Waals surface area contributed by atoms with E-state index in [2.05, 4.69) is 0 Å². The van der Waals surface area contributed by atoms with E-state index in [0.717, 1.165) is 0 Å². The van der Waals surface area contributed by atoms with Gasteiger partial charge in [-0.15, -0.1) is 0 Å². The lowest BCUT2D eigenvalue weighted by Gasteiger charge is -2.27. The Balaban J connectivity index is 3.30. The van der Waals surface area contributed by atoms with Crippen LogP contribution in [0.1, 0.15) is 20.3 Å². The first-order valence-corrected chi connectivity index (χ1v) is 7.88. The third-order valence-electron chi connectivity index (χ3n) is 3.80. The van der Waals surface area contributed by atoms with Gasteiger partial charge in [-0.2, -0.15) is 0 Å². The summed E-state index contributed by atoms with van der Waals surface area (Å²) in [6, 6.07) is 0. The number of carboxylic acids is 1. The number of rotatable bonds is 8. The van der Waals surface area contributed by atoms with Crippen LogP contribution in [0, 0.1) is 5.92 Å². The predicted molar refractivity (Wildman–Crippen MR) is 89.0 cm³/mol. The van der Waals surface area contributed by atoms with Crippen molar-refractivity contribution in [3.05, 3.63) is 46.7 Å². The normalized spacial score (nSPS) is 17.3. The van der Waals surface area contributed by atoms with Gasteiger partial charge in [0.25, 0.3) is 6.43 Å². The number of carbonyl (C=O) groups is 2. The molecular weight excluding hydrogens is 335 g/mol. The molecule has 0 radical (unpaired) electrons. The van der Waals surface area contributed by atoms with Gasteiger partial charge in [0.15, 0.2) is 5.78 Å². The molecule has 7 heteroatoms. The fourth-order valence-corrected chi connectivity index (χ4v) is 2.37. The number of hydrogen-bond acceptors (Lipinski definition) is 3. The number of alkyl halides is 3. The van der Waals surface area contributed by atoms with Crippen molar-refractivity contribution in [2.75, 3.05) is 20.3 Å². The molecule has 0 aromatic carbocycles. The summed E-state index contributed by atoms with van der Waals surface area (Å²) in [4.78, 5) is 24.9. The van der Waals surface area contributed by atoms with Crippen LogP contribution in [0.5, 0.6) is 0 Å². The minimum Gasteiger partial charge on any atom is -0.478 e. The molecule has 1 atom stereocenters. The number of carbonyl (C=O) groups excluding carboxylic acids is 1. The quantitative estimate of drug-likeness (QED) is 0.312. The lowest BCUT2D eigenvalue weighted by Crippen LogP contribution is -2.27. The molecule has 0 spiro atoms. The van der Waals surface area contributed by atoms with Crippen molar-refractivity contribution in [3.63, 3.8) is 0 Å². The SMILES string of the molecule is CCC=C(/C=C(/C(=O)O)C(=O)C(C)CF)C1=CC=C(C(F)F)N(C)C1. The monoisotopic (exact) mass is 357 g/mol. The second-order valence-corrected chi connectivity index (χ2v) is 5.79. The van der Waals surface area contributed by atoms with Gasteiger partial charge in [0, 0.05) is 19.5 Å². The average Bonchev–Trinajstić information content (AvgIpc) is 2.56. The predicted octanol–water partition coefficient (Wildman–Crippen LogP) is 3.53. The smallest absolute Gasteiger partial charge is 0.339 e. The first-order valence-electron chi connectivity index (χ1n) is 7.88. The van der Waals surface area contributed by atoms with E-state index in [1.165, 1.54) is 37.1 Å². The van der Waals surface area contributed by atoms with Gasteiger partial charge in [0.1, 0.15) is 5.57 Å². The van der Waals surface area contributed by atoms with Crippen LogP contribution in [0.2, 0.25) is 0 Å². The van der Waals surface area contributed by atoms with Crippen molar-refractivity contribution in [2.24, 2.45) is 5.92 Å². The molecule has 0 aromatic heterocycles. The molecule has 1 N–H and O–H groups in total. The number of aliphatic carboxylic acids is 1. The summed E-state index contributed by atoms with van der Waals surface area (Å²) in [6.07, 6.45) is 3.60. The Labute approximate surface area is 145 Å². The summed E-state index contributed by atoms with van der Waals surface area (Å²) in [7, 11) is 1.51. The number of Topliss-reactive ketones (excluding diaryl/α,β-unsaturated/α-hetero) is 1. The van der Waals surface area contributed by atoms with Crippen LogP contribution < -0.4 is 0 Å². The second-order valence-electron chi connectivity index (χ2n) is 5.79. The van der Waals surface area contributed by atoms with E-state index >= 15 is 0 Å². The average molecular weight is 357 g/mol. The Morgan fingerprint density at radius 3 is 2.44 bits per heavy atom. The molecule has 0 saturated heterocycles. The number of ketones is 1. The molecular formula is C18H22F3NO3. The van der Waals surface area contributed by atoms with Crippen LogP contribution in [-0.4, -0.2) is 48.5 Å². The summed E-state index contributed by atoms with van der Waals surface area (Å²) in [5, 5.41) is 9.29. The van der Waals surface area contributed by atoms with Crippen molar-refractivity contribution < 1.29 is 27.9 Å². The van der Waals surface area contributed by atoms with Gasteiger partial charge in [0.05, 0.1) is 12.4 Å². The fraction of sp³-hybridized carbons (Fsp3) is 0.444. The van der Waals surface area contributed by atoms with Crippen LogP contribution >= 0.6 is 0 Å². The molecule has 1 unspecified atom stereocenters. The number of allylic oxidation sites excluding steroid dienone is 5. The number of hydrogen-bond donors (Lipinski definition) is 1. The van der Waals surface area contributed by atoms with Crippen LogP contribution in [-0.2, 0) is 9.59 Å². The Hall–Kier alpha value is -2.31. The van der Waals surface area contributed by atoms with Crippen LogP contribution in [0.25, 0.3) is 0 Å². The van der Waals surface area contributed by atoms with E-state index < -0.39 is 36.3 Å². The van der Waals surface area contributed by atoms with E-state index in [0.29, 0.717) is 17.6 Å². The summed E-state index contributed by atoms with van der Waals surface area (Å²) in [6.45, 7) is 2.34. The highest BCUT2D eigenvalue weighted by Gasteiger charge is 2.25. The lowest BCUT2D eigenvalue weighted by atomic mass is 9.94. The highest BCUT2D eigenvalue weighted by atomic mass is 19.3. The number of nitrogens with zero attached hydrogens (tertiary/aromatic N) is 1. The van der Waals surface area contributed by atoms with E-state index in [4.69, 9.17) is 0 Å². The van der Waals surface area contributed by atoms with E-state index in [-0.39, 0.29) is 12.2 Å². The standard InChI is InChI=1S/C18H22F3NO3/c1-4-5-12(8-14(18(24)25)16(23)11(2)9-19)13-6-7-15(17(20)21)22(3)10-13/h5-8,11,17H,4,9-10H2,1-3H3,(H,24,25)/b12-5?,14-8+. The molecule has 0 aliphatic carbocycles. The summed E-state index contributed by atoms with van der Waals surface area (Å²) < 4.78 is 38.5. The maximum atomic E-state index is 12.9. The molecule has 1 heterocycles. The molecule has 25 heavy (non-hydrogen) atoms. The first-order chi connectivity index (χ1) is 11.7. The lowest BCUT2D eigenvalue weighted by molar-refractivity contribution is -0.135. The van der Waals surface area contributed by atoms with Gasteiger partial charge in [0.2, 0.25) is 0 Å². The molecule has 0 aromatic rings. The molecule has 138 valence electrons. The minimum atomic E-state index is -2.61. The molecule has 0 amide bonds. The first kappa shape index (κ1) is 20.7.